The number of nitrogens with zero attached hydrogens (tertiary/aromatic N) is 1. The first-order valence-electron chi connectivity index (χ1n) is 6.63. The molecule has 1 aliphatic rings. The summed E-state index contributed by atoms with van der Waals surface area (Å²) in [5.74, 6) is 0. The Morgan fingerprint density at radius 3 is 2.32 bits per heavy atom. The predicted molar refractivity (Wildman–Crippen MR) is 80.4 cm³/mol. The third-order valence-electron chi connectivity index (χ3n) is 3.23. The van der Waals surface area contributed by atoms with E-state index in [4.69, 9.17) is 22.1 Å². The smallest absolute Gasteiger partial charge is 0.0760 e. The van der Waals surface area contributed by atoms with Crippen molar-refractivity contribution in [3.05, 3.63) is 28.8 Å². The van der Waals surface area contributed by atoms with Crippen molar-refractivity contribution >= 4 is 17.3 Å². The SMILES string of the molecule is CC1(C)CN(Cc2ccc(N)c(Cl)c2)CC(C)(C)O1. The van der Waals surface area contributed by atoms with Crippen LogP contribution in [0.15, 0.2) is 18.2 Å². The minimum absolute atomic E-state index is 0.126. The molecule has 0 atom stereocenters. The Balaban J connectivity index is 2.11. The van der Waals surface area contributed by atoms with Gasteiger partial charge in [0.2, 0.25) is 0 Å². The van der Waals surface area contributed by atoms with Crippen LogP contribution in [0, 0.1) is 0 Å². The fourth-order valence-electron chi connectivity index (χ4n) is 2.98. The Labute approximate surface area is 120 Å². The molecule has 0 spiro atoms. The number of hydrogen-bond acceptors (Lipinski definition) is 3. The maximum Gasteiger partial charge on any atom is 0.0760 e. The van der Waals surface area contributed by atoms with Gasteiger partial charge in [-0.3, -0.25) is 4.90 Å². The Morgan fingerprint density at radius 2 is 1.79 bits per heavy atom. The fraction of sp³-hybridized carbons (Fsp3) is 0.600. The maximum absolute atomic E-state index is 6.08. The molecule has 0 saturated carbocycles. The van der Waals surface area contributed by atoms with E-state index < -0.39 is 0 Å². The number of hydrogen-bond donors (Lipinski definition) is 1. The minimum Gasteiger partial charge on any atom is -0.398 e. The van der Waals surface area contributed by atoms with Crippen LogP contribution in [0.4, 0.5) is 5.69 Å². The zero-order valence-corrected chi connectivity index (χ0v) is 12.9. The van der Waals surface area contributed by atoms with Crippen molar-refractivity contribution in [3.8, 4) is 0 Å². The first-order chi connectivity index (χ1) is 8.67. The number of morpholine rings is 1. The highest BCUT2D eigenvalue weighted by molar-refractivity contribution is 6.33. The third-order valence-corrected chi connectivity index (χ3v) is 3.56. The predicted octanol–water partition coefficient (Wildman–Crippen LogP) is 3.31. The summed E-state index contributed by atoms with van der Waals surface area (Å²) < 4.78 is 6.08. The van der Waals surface area contributed by atoms with E-state index in [9.17, 15) is 0 Å². The molecule has 4 heteroatoms. The van der Waals surface area contributed by atoms with Crippen molar-refractivity contribution in [2.75, 3.05) is 18.8 Å². The van der Waals surface area contributed by atoms with Gasteiger partial charge >= 0.3 is 0 Å². The normalized spacial score (nSPS) is 22.4. The third kappa shape index (κ3) is 3.85. The van der Waals surface area contributed by atoms with Crippen LogP contribution in [0.25, 0.3) is 0 Å². The van der Waals surface area contributed by atoms with Crippen LogP contribution in [0.2, 0.25) is 5.02 Å². The Morgan fingerprint density at radius 1 is 1.21 bits per heavy atom. The van der Waals surface area contributed by atoms with Gasteiger partial charge < -0.3 is 10.5 Å². The van der Waals surface area contributed by atoms with E-state index in [-0.39, 0.29) is 11.2 Å². The van der Waals surface area contributed by atoms with Crippen LogP contribution < -0.4 is 5.73 Å². The zero-order valence-electron chi connectivity index (χ0n) is 12.2. The van der Waals surface area contributed by atoms with Gasteiger partial charge in [0.15, 0.2) is 0 Å². The number of rotatable bonds is 2. The zero-order chi connectivity index (χ0) is 14.3. The van der Waals surface area contributed by atoms with Gasteiger partial charge in [-0.05, 0) is 45.4 Å². The highest BCUT2D eigenvalue weighted by Gasteiger charge is 2.37. The van der Waals surface area contributed by atoms with Gasteiger partial charge in [-0.2, -0.15) is 0 Å². The van der Waals surface area contributed by atoms with Crippen LogP contribution >= 0.6 is 11.6 Å². The van der Waals surface area contributed by atoms with E-state index in [1.165, 1.54) is 5.56 Å². The number of nitrogen functional groups attached to an aromatic ring is 1. The number of nitrogens with two attached hydrogens (primary N) is 1. The molecular formula is C15H23ClN2O. The summed E-state index contributed by atoms with van der Waals surface area (Å²) in [6.07, 6.45) is 0. The molecule has 1 saturated heterocycles. The second-order valence-corrected chi connectivity index (χ2v) is 7.03. The van der Waals surface area contributed by atoms with E-state index in [1.54, 1.807) is 0 Å². The molecule has 2 N–H and O–H groups in total. The van der Waals surface area contributed by atoms with Crippen molar-refractivity contribution in [2.45, 2.75) is 45.4 Å². The van der Waals surface area contributed by atoms with Crippen LogP contribution in [0.1, 0.15) is 33.3 Å². The molecule has 1 fully saturated rings. The van der Waals surface area contributed by atoms with Crippen molar-refractivity contribution in [1.82, 2.24) is 4.90 Å². The first-order valence-corrected chi connectivity index (χ1v) is 7.01. The van der Waals surface area contributed by atoms with Gasteiger partial charge in [-0.25, -0.2) is 0 Å². The van der Waals surface area contributed by atoms with E-state index in [0.717, 1.165) is 19.6 Å². The van der Waals surface area contributed by atoms with Crippen molar-refractivity contribution in [3.63, 3.8) is 0 Å². The van der Waals surface area contributed by atoms with Gasteiger partial charge in [0, 0.05) is 19.6 Å². The van der Waals surface area contributed by atoms with E-state index in [1.807, 2.05) is 18.2 Å². The summed E-state index contributed by atoms with van der Waals surface area (Å²) in [4.78, 5) is 2.41. The molecule has 1 aliphatic heterocycles. The van der Waals surface area contributed by atoms with E-state index in [0.29, 0.717) is 10.7 Å². The average molecular weight is 283 g/mol. The molecule has 0 aromatic heterocycles. The Bertz CT molecular complexity index is 455. The highest BCUT2D eigenvalue weighted by atomic mass is 35.5. The highest BCUT2D eigenvalue weighted by Crippen LogP contribution is 2.29. The Kier molecular flexibility index (Phi) is 3.83. The summed E-state index contributed by atoms with van der Waals surface area (Å²) in [6, 6.07) is 5.86. The van der Waals surface area contributed by atoms with Crippen LogP contribution in [-0.4, -0.2) is 29.2 Å². The van der Waals surface area contributed by atoms with Crippen LogP contribution in [-0.2, 0) is 11.3 Å². The molecule has 1 heterocycles. The van der Waals surface area contributed by atoms with Crippen molar-refractivity contribution in [1.29, 1.82) is 0 Å². The number of halogens is 1. The molecule has 2 rings (SSSR count). The number of anilines is 1. The second kappa shape index (κ2) is 4.97. The van der Waals surface area contributed by atoms with Crippen molar-refractivity contribution in [2.24, 2.45) is 0 Å². The molecule has 3 nitrogen and oxygen atoms in total. The van der Waals surface area contributed by atoms with E-state index >= 15 is 0 Å². The molecular weight excluding hydrogens is 260 g/mol. The van der Waals surface area contributed by atoms with Gasteiger partial charge in [0.05, 0.1) is 21.9 Å². The van der Waals surface area contributed by atoms with Crippen LogP contribution in [0.5, 0.6) is 0 Å². The lowest BCUT2D eigenvalue weighted by Gasteiger charge is -2.47. The first kappa shape index (κ1) is 14.6. The average Bonchev–Trinajstić information content (AvgIpc) is 2.18. The van der Waals surface area contributed by atoms with Gasteiger partial charge in [0.25, 0.3) is 0 Å². The summed E-state index contributed by atoms with van der Waals surface area (Å²) in [6.45, 7) is 11.2. The van der Waals surface area contributed by atoms with E-state index in [2.05, 4.69) is 32.6 Å². The number of ether oxygens (including phenoxy) is 1. The molecule has 0 amide bonds. The standard InChI is InChI=1S/C15H23ClN2O/c1-14(2)9-18(10-15(3,4)19-14)8-11-5-6-13(17)12(16)7-11/h5-7H,8-10,17H2,1-4H3. The van der Waals surface area contributed by atoms with Gasteiger partial charge in [0.1, 0.15) is 0 Å². The largest absolute Gasteiger partial charge is 0.398 e. The minimum atomic E-state index is -0.126. The van der Waals surface area contributed by atoms with Crippen LogP contribution in [0.3, 0.4) is 0 Å². The summed E-state index contributed by atoms with van der Waals surface area (Å²) in [5.41, 5.74) is 7.31. The summed E-state index contributed by atoms with van der Waals surface area (Å²) in [7, 11) is 0. The van der Waals surface area contributed by atoms with Gasteiger partial charge in [-0.15, -0.1) is 0 Å². The van der Waals surface area contributed by atoms with Gasteiger partial charge in [-0.1, -0.05) is 17.7 Å². The molecule has 1 aromatic rings. The lowest BCUT2D eigenvalue weighted by Crippen LogP contribution is -2.56. The molecule has 1 aromatic carbocycles. The fourth-order valence-corrected chi connectivity index (χ4v) is 3.19. The molecule has 19 heavy (non-hydrogen) atoms. The second-order valence-electron chi connectivity index (χ2n) is 6.62. The summed E-state index contributed by atoms with van der Waals surface area (Å²) in [5, 5.41) is 0.629. The molecule has 0 bridgehead atoms. The lowest BCUT2D eigenvalue weighted by atomic mass is 9.98. The number of benzene rings is 1. The summed E-state index contributed by atoms with van der Waals surface area (Å²) >= 11 is 6.08. The maximum atomic E-state index is 6.08. The molecule has 106 valence electrons. The van der Waals surface area contributed by atoms with Crippen molar-refractivity contribution < 1.29 is 4.74 Å². The monoisotopic (exact) mass is 282 g/mol. The molecule has 0 aliphatic carbocycles. The Hall–Kier alpha value is -0.770. The quantitative estimate of drug-likeness (QED) is 0.846. The molecule has 0 radical (unpaired) electrons. The molecule has 0 unspecified atom stereocenters. The topological polar surface area (TPSA) is 38.5 Å². The lowest BCUT2D eigenvalue weighted by molar-refractivity contribution is -0.182.